The van der Waals surface area contributed by atoms with Crippen LogP contribution >= 0.6 is 0 Å². The minimum absolute atomic E-state index is 0.131. The third kappa shape index (κ3) is 2.13. The molecule has 0 aliphatic carbocycles. The van der Waals surface area contributed by atoms with E-state index in [1.807, 2.05) is 0 Å². The first-order valence-electron chi connectivity index (χ1n) is 5.76. The fourth-order valence-electron chi connectivity index (χ4n) is 1.96. The van der Waals surface area contributed by atoms with Gasteiger partial charge in [-0.25, -0.2) is 13.2 Å². The second-order valence-electron chi connectivity index (χ2n) is 4.67. The van der Waals surface area contributed by atoms with E-state index in [-0.39, 0.29) is 10.8 Å². The van der Waals surface area contributed by atoms with Crippen LogP contribution in [0.1, 0.15) is 0 Å². The molecule has 2 heterocycles. The molecule has 106 valence electrons. The van der Waals surface area contributed by atoms with Crippen molar-refractivity contribution in [1.29, 1.82) is 0 Å². The summed E-state index contributed by atoms with van der Waals surface area (Å²) in [5, 5.41) is 0. The molecule has 1 aliphatic heterocycles. The quantitative estimate of drug-likeness (QED) is 0.671. The molecule has 0 bridgehead atoms. The van der Waals surface area contributed by atoms with E-state index in [1.54, 1.807) is 0 Å². The summed E-state index contributed by atoms with van der Waals surface area (Å²) in [6.07, 6.45) is 1.07. The van der Waals surface area contributed by atoms with Gasteiger partial charge >= 0.3 is 5.69 Å². The number of nitrogens with two attached hydrogens (primary N) is 1. The van der Waals surface area contributed by atoms with Crippen molar-refractivity contribution in [2.75, 3.05) is 19.6 Å². The van der Waals surface area contributed by atoms with Gasteiger partial charge < -0.3 is 10.3 Å². The van der Waals surface area contributed by atoms with Crippen molar-refractivity contribution in [3.05, 3.63) is 27.0 Å². The molecule has 2 rings (SSSR count). The molecule has 9 heteroatoms. The monoisotopic (exact) mass is 288 g/mol. The van der Waals surface area contributed by atoms with Crippen molar-refractivity contribution < 1.29 is 8.42 Å². The van der Waals surface area contributed by atoms with Crippen molar-refractivity contribution in [3.8, 4) is 0 Å². The Bertz CT molecular complexity index is 712. The molecule has 0 radical (unpaired) electrons. The summed E-state index contributed by atoms with van der Waals surface area (Å²) in [7, 11) is -1.20. The van der Waals surface area contributed by atoms with Crippen molar-refractivity contribution in [2.45, 2.75) is 4.90 Å². The summed E-state index contributed by atoms with van der Waals surface area (Å²) in [6.45, 7) is 1.03. The van der Waals surface area contributed by atoms with E-state index in [2.05, 4.69) is 0 Å². The number of aryl methyl sites for hydroxylation is 1. The normalized spacial score (nSPS) is 17.4. The number of hydrogen-bond donors (Lipinski definition) is 1. The van der Waals surface area contributed by atoms with E-state index in [9.17, 15) is 18.0 Å². The average Bonchev–Trinajstić information content (AvgIpc) is 2.29. The number of nitrogens with zero attached hydrogens (tertiary/aromatic N) is 3. The zero-order chi connectivity index (χ0) is 14.4. The summed E-state index contributed by atoms with van der Waals surface area (Å²) in [6, 6.07) is 0. The first-order chi connectivity index (χ1) is 8.78. The van der Waals surface area contributed by atoms with Gasteiger partial charge in [-0.1, -0.05) is 0 Å². The summed E-state index contributed by atoms with van der Waals surface area (Å²) < 4.78 is 27.6. The summed E-state index contributed by atoms with van der Waals surface area (Å²) in [5.41, 5.74) is 4.07. The van der Waals surface area contributed by atoms with Crippen LogP contribution in [-0.2, 0) is 24.1 Å². The number of rotatable bonds is 3. The molecule has 19 heavy (non-hydrogen) atoms. The number of hydrogen-bond acceptors (Lipinski definition) is 5. The first kappa shape index (κ1) is 14.0. The van der Waals surface area contributed by atoms with Gasteiger partial charge in [-0.3, -0.25) is 9.36 Å². The van der Waals surface area contributed by atoms with Crippen LogP contribution in [0.4, 0.5) is 0 Å². The molecule has 0 spiro atoms. The van der Waals surface area contributed by atoms with Gasteiger partial charge in [0.2, 0.25) is 10.0 Å². The lowest BCUT2D eigenvalue weighted by molar-refractivity contribution is 0.207. The summed E-state index contributed by atoms with van der Waals surface area (Å²) >= 11 is 0. The molecule has 0 atom stereocenters. The molecular formula is C10H16N4O4S. The lowest BCUT2D eigenvalue weighted by Gasteiger charge is -2.37. The first-order valence-corrected chi connectivity index (χ1v) is 7.20. The van der Waals surface area contributed by atoms with Gasteiger partial charge in [0, 0.05) is 33.4 Å². The van der Waals surface area contributed by atoms with Crippen LogP contribution in [-0.4, -0.2) is 41.5 Å². The molecule has 0 unspecified atom stereocenters. The average molecular weight is 288 g/mol. The molecule has 2 N–H and O–H groups in total. The van der Waals surface area contributed by atoms with E-state index < -0.39 is 21.3 Å². The maximum Gasteiger partial charge on any atom is 0.330 e. The maximum absolute atomic E-state index is 12.3. The molecule has 1 fully saturated rings. The molecule has 1 saturated heterocycles. The van der Waals surface area contributed by atoms with Gasteiger partial charge in [0.25, 0.3) is 5.56 Å². The third-order valence-electron chi connectivity index (χ3n) is 3.29. The highest BCUT2D eigenvalue weighted by Gasteiger charge is 2.37. The van der Waals surface area contributed by atoms with Crippen LogP contribution in [0.3, 0.4) is 0 Å². The fourth-order valence-corrected chi connectivity index (χ4v) is 3.70. The molecule has 0 aromatic carbocycles. The van der Waals surface area contributed by atoms with Gasteiger partial charge in [-0.05, 0) is 12.5 Å². The predicted octanol–water partition coefficient (Wildman–Crippen LogP) is -2.34. The zero-order valence-electron chi connectivity index (χ0n) is 10.7. The van der Waals surface area contributed by atoms with E-state index in [0.717, 1.165) is 15.3 Å². The molecule has 0 amide bonds. The second-order valence-corrected chi connectivity index (χ2v) is 6.58. The Kier molecular flexibility index (Phi) is 3.37. The molecule has 1 aromatic rings. The maximum atomic E-state index is 12.3. The smallest absolute Gasteiger partial charge is 0.330 e. The Morgan fingerprint density at radius 3 is 2.42 bits per heavy atom. The van der Waals surface area contributed by atoms with Crippen molar-refractivity contribution in [3.63, 3.8) is 0 Å². The largest absolute Gasteiger partial charge is 0.330 e. The Morgan fingerprint density at radius 1 is 1.32 bits per heavy atom. The standard InChI is InChI=1S/C10H16N4O4S/c1-12-6-8(9(15)13(2)10(12)16)19(17,18)14-4-7(3-11)5-14/h6-7H,3-5,11H2,1-2H3. The highest BCUT2D eigenvalue weighted by molar-refractivity contribution is 7.89. The number of aromatic nitrogens is 2. The lowest BCUT2D eigenvalue weighted by Crippen LogP contribution is -2.54. The molecular weight excluding hydrogens is 272 g/mol. The Balaban J connectivity index is 2.49. The minimum Gasteiger partial charge on any atom is -0.330 e. The van der Waals surface area contributed by atoms with Gasteiger partial charge in [-0.2, -0.15) is 4.31 Å². The van der Waals surface area contributed by atoms with Crippen molar-refractivity contribution in [2.24, 2.45) is 25.7 Å². The van der Waals surface area contributed by atoms with E-state index >= 15 is 0 Å². The highest BCUT2D eigenvalue weighted by Crippen LogP contribution is 2.22. The van der Waals surface area contributed by atoms with Gasteiger partial charge in [-0.15, -0.1) is 0 Å². The van der Waals surface area contributed by atoms with Gasteiger partial charge in [0.1, 0.15) is 0 Å². The summed E-state index contributed by atoms with van der Waals surface area (Å²) in [5.74, 6) is 0.131. The topological polar surface area (TPSA) is 107 Å². The van der Waals surface area contributed by atoms with Crippen LogP contribution < -0.4 is 17.0 Å². The molecule has 1 aliphatic rings. The van der Waals surface area contributed by atoms with Crippen LogP contribution in [0.25, 0.3) is 0 Å². The molecule has 8 nitrogen and oxygen atoms in total. The van der Waals surface area contributed by atoms with Crippen molar-refractivity contribution in [1.82, 2.24) is 13.4 Å². The fraction of sp³-hybridized carbons (Fsp3) is 0.600. The Labute approximate surface area is 110 Å². The Morgan fingerprint density at radius 2 is 1.89 bits per heavy atom. The SMILES string of the molecule is Cn1cc(S(=O)(=O)N2CC(CN)C2)c(=O)n(C)c1=O. The number of sulfonamides is 1. The van der Waals surface area contributed by atoms with Crippen LogP contribution in [0.15, 0.2) is 20.7 Å². The van der Waals surface area contributed by atoms with E-state index in [1.165, 1.54) is 18.4 Å². The summed E-state index contributed by atoms with van der Waals surface area (Å²) in [4.78, 5) is 23.0. The third-order valence-corrected chi connectivity index (χ3v) is 5.10. The van der Waals surface area contributed by atoms with Gasteiger partial charge in [0.15, 0.2) is 4.90 Å². The molecule has 0 saturated carbocycles. The van der Waals surface area contributed by atoms with Gasteiger partial charge in [0.05, 0.1) is 0 Å². The van der Waals surface area contributed by atoms with Crippen LogP contribution in [0.2, 0.25) is 0 Å². The highest BCUT2D eigenvalue weighted by atomic mass is 32.2. The van der Waals surface area contributed by atoms with Crippen LogP contribution in [0.5, 0.6) is 0 Å². The zero-order valence-corrected chi connectivity index (χ0v) is 11.6. The van der Waals surface area contributed by atoms with E-state index in [4.69, 9.17) is 5.73 Å². The van der Waals surface area contributed by atoms with E-state index in [0.29, 0.717) is 19.6 Å². The predicted molar refractivity (Wildman–Crippen MR) is 68.2 cm³/mol. The minimum atomic E-state index is -3.85. The van der Waals surface area contributed by atoms with Crippen molar-refractivity contribution >= 4 is 10.0 Å². The Hall–Kier alpha value is -1.45. The van der Waals surface area contributed by atoms with Crippen LogP contribution in [0, 0.1) is 5.92 Å². The molecule has 1 aromatic heterocycles. The lowest BCUT2D eigenvalue weighted by atomic mass is 10.0. The second kappa shape index (κ2) is 4.58.